The van der Waals surface area contributed by atoms with Crippen LogP contribution in [-0.2, 0) is 11.3 Å². The molecular weight excluding hydrogens is 300 g/mol. The van der Waals surface area contributed by atoms with E-state index in [-0.39, 0.29) is 24.0 Å². The van der Waals surface area contributed by atoms with Crippen molar-refractivity contribution in [2.45, 2.75) is 44.8 Å². The molecule has 7 heteroatoms. The molecule has 2 saturated heterocycles. The second-order valence-electron chi connectivity index (χ2n) is 6.21. The molecule has 3 amide bonds. The minimum absolute atomic E-state index is 0.0475. The zero-order chi connectivity index (χ0) is 15.9. The second kappa shape index (κ2) is 5.87. The molecule has 0 N–H and O–H groups in total. The van der Waals surface area contributed by atoms with Crippen LogP contribution in [0, 0.1) is 6.92 Å². The van der Waals surface area contributed by atoms with Crippen LogP contribution in [0.4, 0.5) is 4.79 Å². The van der Waals surface area contributed by atoms with Gasteiger partial charge in [-0.2, -0.15) is 0 Å². The van der Waals surface area contributed by atoms with Gasteiger partial charge in [-0.25, -0.2) is 9.78 Å². The number of thiazole rings is 1. The van der Waals surface area contributed by atoms with Gasteiger partial charge in [-0.3, -0.25) is 4.79 Å². The van der Waals surface area contributed by atoms with Crippen molar-refractivity contribution in [3.63, 3.8) is 0 Å². The molecule has 22 heavy (non-hydrogen) atoms. The monoisotopic (exact) mass is 322 g/mol. The van der Waals surface area contributed by atoms with E-state index in [4.69, 9.17) is 0 Å². The Bertz CT molecular complexity index is 586. The molecule has 2 atom stereocenters. The molecule has 6 nitrogen and oxygen atoms in total. The van der Waals surface area contributed by atoms with Crippen LogP contribution in [0.25, 0.3) is 0 Å². The van der Waals surface area contributed by atoms with Gasteiger partial charge in [-0.05, 0) is 19.8 Å². The SMILES string of the molecule is Cc1nc(CN2C(=O)CC[C@@H]3[C@H]2CCN3C(=O)N(C)C)cs1. The summed E-state index contributed by atoms with van der Waals surface area (Å²) in [6.07, 6.45) is 2.15. The fourth-order valence-corrected chi connectivity index (χ4v) is 4.11. The van der Waals surface area contributed by atoms with Crippen LogP contribution < -0.4 is 0 Å². The van der Waals surface area contributed by atoms with Crippen LogP contribution in [0.1, 0.15) is 30.0 Å². The summed E-state index contributed by atoms with van der Waals surface area (Å²) in [5.41, 5.74) is 0.953. The van der Waals surface area contributed by atoms with Gasteiger partial charge in [-0.1, -0.05) is 0 Å². The molecule has 3 rings (SSSR count). The highest BCUT2D eigenvalue weighted by molar-refractivity contribution is 7.09. The fourth-order valence-electron chi connectivity index (χ4n) is 3.50. The number of amides is 3. The second-order valence-corrected chi connectivity index (χ2v) is 7.27. The van der Waals surface area contributed by atoms with Crippen LogP contribution >= 0.6 is 11.3 Å². The van der Waals surface area contributed by atoms with Gasteiger partial charge >= 0.3 is 6.03 Å². The molecule has 1 aromatic heterocycles. The van der Waals surface area contributed by atoms with Crippen molar-refractivity contribution in [3.05, 3.63) is 16.1 Å². The smallest absolute Gasteiger partial charge is 0.319 e. The summed E-state index contributed by atoms with van der Waals surface area (Å²) in [5, 5.41) is 3.04. The molecule has 0 radical (unpaired) electrons. The quantitative estimate of drug-likeness (QED) is 0.833. The summed E-state index contributed by atoms with van der Waals surface area (Å²) >= 11 is 1.61. The normalized spacial score (nSPS) is 24.6. The number of carbonyl (C=O) groups is 2. The molecular formula is C15H22N4O2S. The van der Waals surface area contributed by atoms with Crippen LogP contribution in [-0.4, -0.2) is 64.3 Å². The van der Waals surface area contributed by atoms with E-state index in [1.54, 1.807) is 30.3 Å². The summed E-state index contributed by atoms with van der Waals surface area (Å²) < 4.78 is 0. The first-order valence-corrected chi connectivity index (χ1v) is 8.53. The maximum Gasteiger partial charge on any atom is 0.319 e. The molecule has 2 fully saturated rings. The highest BCUT2D eigenvalue weighted by Crippen LogP contribution is 2.33. The van der Waals surface area contributed by atoms with E-state index in [1.807, 2.05) is 22.1 Å². The Hall–Kier alpha value is -1.63. The first-order valence-electron chi connectivity index (χ1n) is 7.66. The predicted molar refractivity (Wildman–Crippen MR) is 84.6 cm³/mol. The first-order chi connectivity index (χ1) is 10.5. The van der Waals surface area contributed by atoms with E-state index in [9.17, 15) is 9.59 Å². The average Bonchev–Trinajstić information content (AvgIpc) is 3.07. The predicted octanol–water partition coefficient (Wildman–Crippen LogP) is 1.70. The minimum Gasteiger partial charge on any atom is -0.332 e. The van der Waals surface area contributed by atoms with E-state index in [0.717, 1.165) is 30.1 Å². The number of likely N-dealkylation sites (tertiary alicyclic amines) is 2. The fraction of sp³-hybridized carbons (Fsp3) is 0.667. The molecule has 2 aliphatic heterocycles. The topological polar surface area (TPSA) is 56.8 Å². The first kappa shape index (κ1) is 15.3. The molecule has 0 unspecified atom stereocenters. The van der Waals surface area contributed by atoms with Crippen LogP contribution in [0.2, 0.25) is 0 Å². The zero-order valence-electron chi connectivity index (χ0n) is 13.3. The van der Waals surface area contributed by atoms with Crippen molar-refractivity contribution >= 4 is 23.3 Å². The standard InChI is InChI=1S/C15H22N4O2S/c1-10-16-11(9-22-10)8-19-13-6-7-18(15(21)17(2)3)12(13)4-5-14(19)20/h9,12-13H,4-8H2,1-3H3/t12-,13-/m1/s1. The Morgan fingerprint density at radius 1 is 1.41 bits per heavy atom. The summed E-state index contributed by atoms with van der Waals surface area (Å²) in [5.74, 6) is 0.186. The highest BCUT2D eigenvalue weighted by atomic mass is 32.1. The van der Waals surface area contributed by atoms with Gasteiger partial charge in [0.15, 0.2) is 0 Å². The van der Waals surface area contributed by atoms with Gasteiger partial charge < -0.3 is 14.7 Å². The van der Waals surface area contributed by atoms with Gasteiger partial charge in [0.25, 0.3) is 0 Å². The molecule has 0 aromatic carbocycles. The number of piperidine rings is 1. The number of nitrogens with zero attached hydrogens (tertiary/aromatic N) is 4. The zero-order valence-corrected chi connectivity index (χ0v) is 14.1. The molecule has 0 aliphatic carbocycles. The van der Waals surface area contributed by atoms with Gasteiger partial charge in [0.2, 0.25) is 5.91 Å². The maximum absolute atomic E-state index is 12.3. The molecule has 120 valence electrons. The van der Waals surface area contributed by atoms with Crippen molar-refractivity contribution < 1.29 is 9.59 Å². The van der Waals surface area contributed by atoms with E-state index in [0.29, 0.717) is 13.0 Å². The summed E-state index contributed by atoms with van der Waals surface area (Å²) in [4.78, 5) is 34.6. The Balaban J connectivity index is 1.77. The molecule has 1 aromatic rings. The lowest BCUT2D eigenvalue weighted by atomic mass is 9.96. The number of aryl methyl sites for hydroxylation is 1. The van der Waals surface area contributed by atoms with Crippen molar-refractivity contribution in [3.8, 4) is 0 Å². The number of fused-ring (bicyclic) bond motifs is 1. The molecule has 0 saturated carbocycles. The third-order valence-electron chi connectivity index (χ3n) is 4.51. The summed E-state index contributed by atoms with van der Waals surface area (Å²) in [6, 6.07) is 0.325. The molecule has 0 spiro atoms. The van der Waals surface area contributed by atoms with Gasteiger partial charge in [0.05, 0.1) is 29.3 Å². The Morgan fingerprint density at radius 2 is 2.18 bits per heavy atom. The number of hydrogen-bond donors (Lipinski definition) is 0. The van der Waals surface area contributed by atoms with Crippen molar-refractivity contribution in [1.82, 2.24) is 19.7 Å². The van der Waals surface area contributed by atoms with Gasteiger partial charge in [-0.15, -0.1) is 11.3 Å². The van der Waals surface area contributed by atoms with Gasteiger partial charge in [0.1, 0.15) is 0 Å². The lowest BCUT2D eigenvalue weighted by molar-refractivity contribution is -0.138. The molecule has 0 bridgehead atoms. The Morgan fingerprint density at radius 3 is 2.82 bits per heavy atom. The maximum atomic E-state index is 12.3. The van der Waals surface area contributed by atoms with E-state index < -0.39 is 0 Å². The largest absolute Gasteiger partial charge is 0.332 e. The third kappa shape index (κ3) is 2.69. The van der Waals surface area contributed by atoms with Crippen LogP contribution in [0.5, 0.6) is 0 Å². The summed E-state index contributed by atoms with van der Waals surface area (Å²) in [6.45, 7) is 3.27. The number of carbonyl (C=O) groups excluding carboxylic acids is 2. The Labute approximate surface area is 134 Å². The number of urea groups is 1. The lowest BCUT2D eigenvalue weighted by Crippen LogP contribution is -2.54. The van der Waals surface area contributed by atoms with Crippen LogP contribution in [0.3, 0.4) is 0 Å². The van der Waals surface area contributed by atoms with Gasteiger partial charge in [0, 0.05) is 32.4 Å². The van der Waals surface area contributed by atoms with E-state index in [2.05, 4.69) is 4.98 Å². The van der Waals surface area contributed by atoms with Crippen molar-refractivity contribution in [2.75, 3.05) is 20.6 Å². The van der Waals surface area contributed by atoms with Crippen molar-refractivity contribution in [2.24, 2.45) is 0 Å². The average molecular weight is 322 g/mol. The minimum atomic E-state index is 0.0475. The van der Waals surface area contributed by atoms with E-state index in [1.165, 1.54) is 0 Å². The molecule has 3 heterocycles. The highest BCUT2D eigenvalue weighted by Gasteiger charge is 2.45. The number of aromatic nitrogens is 1. The third-order valence-corrected chi connectivity index (χ3v) is 5.33. The van der Waals surface area contributed by atoms with Crippen LogP contribution in [0.15, 0.2) is 5.38 Å². The number of hydrogen-bond acceptors (Lipinski definition) is 4. The summed E-state index contributed by atoms with van der Waals surface area (Å²) in [7, 11) is 3.55. The number of rotatable bonds is 2. The van der Waals surface area contributed by atoms with Crippen molar-refractivity contribution in [1.29, 1.82) is 0 Å². The molecule has 2 aliphatic rings. The van der Waals surface area contributed by atoms with E-state index >= 15 is 0 Å². The lowest BCUT2D eigenvalue weighted by Gasteiger charge is -2.39. The Kier molecular flexibility index (Phi) is 4.08.